The van der Waals surface area contributed by atoms with Gasteiger partial charge >= 0.3 is 5.97 Å². The first kappa shape index (κ1) is 9.97. The van der Waals surface area contributed by atoms with Crippen molar-refractivity contribution in [1.82, 2.24) is 4.90 Å². The van der Waals surface area contributed by atoms with E-state index >= 15 is 0 Å². The summed E-state index contributed by atoms with van der Waals surface area (Å²) in [6, 6.07) is 0. The van der Waals surface area contributed by atoms with Crippen molar-refractivity contribution in [2.75, 3.05) is 20.1 Å². The van der Waals surface area contributed by atoms with Crippen molar-refractivity contribution in [2.45, 2.75) is 26.2 Å². The number of nitrogens with zero attached hydrogens (tertiary/aromatic N) is 1. The molecule has 0 radical (unpaired) electrons. The predicted molar refractivity (Wildman–Crippen MR) is 54.1 cm³/mol. The van der Waals surface area contributed by atoms with Gasteiger partial charge in [-0.15, -0.1) is 0 Å². The van der Waals surface area contributed by atoms with E-state index in [-0.39, 0.29) is 0 Å². The summed E-state index contributed by atoms with van der Waals surface area (Å²) < 4.78 is 0. The second kappa shape index (κ2) is 3.23. The third kappa shape index (κ3) is 1.65. The number of piperidine rings is 1. The van der Waals surface area contributed by atoms with E-state index in [1.54, 1.807) is 0 Å². The molecule has 80 valence electrons. The molecule has 1 heterocycles. The van der Waals surface area contributed by atoms with E-state index in [9.17, 15) is 9.90 Å². The van der Waals surface area contributed by atoms with E-state index in [0.717, 1.165) is 25.9 Å². The van der Waals surface area contributed by atoms with Crippen LogP contribution in [0.15, 0.2) is 0 Å². The molecule has 1 aliphatic heterocycles. The zero-order valence-electron chi connectivity index (χ0n) is 8.99. The van der Waals surface area contributed by atoms with Crippen LogP contribution in [-0.4, -0.2) is 36.1 Å². The Morgan fingerprint density at radius 3 is 2.29 bits per heavy atom. The highest BCUT2D eigenvalue weighted by atomic mass is 16.4. The van der Waals surface area contributed by atoms with Gasteiger partial charge in [0.15, 0.2) is 0 Å². The summed E-state index contributed by atoms with van der Waals surface area (Å²) in [5.41, 5.74) is -0.450. The highest BCUT2D eigenvalue weighted by Crippen LogP contribution is 2.44. The van der Waals surface area contributed by atoms with Gasteiger partial charge in [0.1, 0.15) is 0 Å². The van der Waals surface area contributed by atoms with Crippen molar-refractivity contribution in [3.63, 3.8) is 0 Å². The summed E-state index contributed by atoms with van der Waals surface area (Å²) >= 11 is 0. The number of hydrogen-bond acceptors (Lipinski definition) is 2. The molecule has 0 aromatic heterocycles. The number of carboxylic acids is 1. The van der Waals surface area contributed by atoms with Crippen molar-refractivity contribution >= 4 is 5.97 Å². The van der Waals surface area contributed by atoms with Gasteiger partial charge in [-0.05, 0) is 45.1 Å². The molecule has 3 nitrogen and oxygen atoms in total. The minimum atomic E-state index is -0.600. The predicted octanol–water partition coefficient (Wildman–Crippen LogP) is 1.44. The van der Waals surface area contributed by atoms with E-state index in [0.29, 0.717) is 11.8 Å². The Morgan fingerprint density at radius 1 is 1.36 bits per heavy atom. The lowest BCUT2D eigenvalue weighted by Crippen LogP contribution is -2.48. The van der Waals surface area contributed by atoms with Gasteiger partial charge in [0.25, 0.3) is 0 Å². The number of likely N-dealkylation sites (tertiary alicyclic amines) is 1. The average Bonchev–Trinajstić information content (AvgIpc) is 2.00. The Bertz CT molecular complexity index is 234. The summed E-state index contributed by atoms with van der Waals surface area (Å²) in [7, 11) is 2.14. The molecule has 0 aromatic carbocycles. The highest BCUT2D eigenvalue weighted by Gasteiger charge is 2.44. The maximum absolute atomic E-state index is 11.2. The van der Waals surface area contributed by atoms with Crippen molar-refractivity contribution < 1.29 is 9.90 Å². The van der Waals surface area contributed by atoms with Crippen LogP contribution in [0.1, 0.15) is 26.2 Å². The minimum Gasteiger partial charge on any atom is -0.481 e. The molecule has 2 rings (SSSR count). The summed E-state index contributed by atoms with van der Waals surface area (Å²) in [6.45, 7) is 4.08. The molecule has 0 spiro atoms. The Morgan fingerprint density at radius 2 is 1.86 bits per heavy atom. The van der Waals surface area contributed by atoms with Gasteiger partial charge in [-0.25, -0.2) is 0 Å². The first-order valence-electron chi connectivity index (χ1n) is 5.41. The molecule has 2 unspecified atom stereocenters. The molecule has 1 saturated heterocycles. The zero-order valence-corrected chi connectivity index (χ0v) is 8.99. The normalized spacial score (nSPS) is 43.6. The van der Waals surface area contributed by atoms with Crippen LogP contribution < -0.4 is 0 Å². The van der Waals surface area contributed by atoms with Crippen LogP contribution in [0.3, 0.4) is 0 Å². The summed E-state index contributed by atoms with van der Waals surface area (Å²) in [4.78, 5) is 13.5. The molecule has 14 heavy (non-hydrogen) atoms. The number of aliphatic carboxylic acids is 1. The SMILES string of the molecule is CN1CC2CC(C1)CC(C)(C(=O)O)C2. The van der Waals surface area contributed by atoms with Gasteiger partial charge in [0.05, 0.1) is 5.41 Å². The number of carbonyl (C=O) groups is 1. The zero-order chi connectivity index (χ0) is 10.3. The Labute approximate surface area is 85.1 Å². The van der Waals surface area contributed by atoms with Crippen LogP contribution in [0.4, 0.5) is 0 Å². The van der Waals surface area contributed by atoms with Crippen LogP contribution in [-0.2, 0) is 4.79 Å². The molecule has 2 aliphatic rings. The van der Waals surface area contributed by atoms with Crippen LogP contribution in [0.25, 0.3) is 0 Å². The van der Waals surface area contributed by atoms with Crippen LogP contribution in [0.5, 0.6) is 0 Å². The maximum atomic E-state index is 11.2. The average molecular weight is 197 g/mol. The fourth-order valence-electron chi connectivity index (χ4n) is 3.40. The Kier molecular flexibility index (Phi) is 2.30. The fraction of sp³-hybridized carbons (Fsp3) is 0.909. The molecule has 3 heteroatoms. The Balaban J connectivity index is 2.12. The number of fused-ring (bicyclic) bond motifs is 2. The quantitative estimate of drug-likeness (QED) is 0.691. The van der Waals surface area contributed by atoms with Gasteiger partial charge in [0.2, 0.25) is 0 Å². The molecule has 2 atom stereocenters. The van der Waals surface area contributed by atoms with Crippen molar-refractivity contribution in [1.29, 1.82) is 0 Å². The van der Waals surface area contributed by atoms with Crippen molar-refractivity contribution in [2.24, 2.45) is 17.3 Å². The van der Waals surface area contributed by atoms with Gasteiger partial charge in [-0.3, -0.25) is 4.79 Å². The number of carboxylic acid groups (broad SMARTS) is 1. The lowest BCUT2D eigenvalue weighted by atomic mass is 9.64. The van der Waals surface area contributed by atoms with Crippen LogP contribution >= 0.6 is 0 Å². The standard InChI is InChI=1S/C11H19NO2/c1-11(10(13)14)4-8-3-9(5-11)7-12(2)6-8/h8-9H,3-7H2,1-2H3,(H,13,14). The Hall–Kier alpha value is -0.570. The van der Waals surface area contributed by atoms with E-state index in [4.69, 9.17) is 0 Å². The molecule has 2 bridgehead atoms. The molecule has 2 fully saturated rings. The van der Waals surface area contributed by atoms with Crippen LogP contribution in [0, 0.1) is 17.3 Å². The molecule has 0 aromatic rings. The molecular weight excluding hydrogens is 178 g/mol. The maximum Gasteiger partial charge on any atom is 0.309 e. The fourth-order valence-corrected chi connectivity index (χ4v) is 3.40. The van der Waals surface area contributed by atoms with Crippen molar-refractivity contribution in [3.05, 3.63) is 0 Å². The highest BCUT2D eigenvalue weighted by molar-refractivity contribution is 5.74. The molecule has 0 amide bonds. The third-order valence-electron chi connectivity index (χ3n) is 3.80. The second-order valence-electron chi connectivity index (χ2n) is 5.46. The van der Waals surface area contributed by atoms with Gasteiger partial charge < -0.3 is 10.0 Å². The van der Waals surface area contributed by atoms with E-state index < -0.39 is 11.4 Å². The second-order valence-corrected chi connectivity index (χ2v) is 5.46. The van der Waals surface area contributed by atoms with E-state index in [1.165, 1.54) is 6.42 Å². The first-order valence-corrected chi connectivity index (χ1v) is 5.41. The summed E-state index contributed by atoms with van der Waals surface area (Å²) in [5.74, 6) is 0.610. The lowest BCUT2D eigenvalue weighted by molar-refractivity contribution is -0.153. The van der Waals surface area contributed by atoms with Crippen molar-refractivity contribution in [3.8, 4) is 0 Å². The van der Waals surface area contributed by atoms with Gasteiger partial charge in [-0.2, -0.15) is 0 Å². The topological polar surface area (TPSA) is 40.5 Å². The first-order chi connectivity index (χ1) is 6.49. The smallest absolute Gasteiger partial charge is 0.309 e. The molecule has 1 saturated carbocycles. The molecular formula is C11H19NO2. The summed E-state index contributed by atoms with van der Waals surface area (Å²) in [5, 5.41) is 9.20. The van der Waals surface area contributed by atoms with Gasteiger partial charge in [-0.1, -0.05) is 0 Å². The number of hydrogen-bond donors (Lipinski definition) is 1. The monoisotopic (exact) mass is 197 g/mol. The van der Waals surface area contributed by atoms with E-state index in [1.807, 2.05) is 6.92 Å². The van der Waals surface area contributed by atoms with E-state index in [2.05, 4.69) is 11.9 Å². The third-order valence-corrected chi connectivity index (χ3v) is 3.80. The minimum absolute atomic E-state index is 0.450. The largest absolute Gasteiger partial charge is 0.481 e. The molecule has 1 N–H and O–H groups in total. The van der Waals surface area contributed by atoms with Gasteiger partial charge in [0, 0.05) is 13.1 Å². The van der Waals surface area contributed by atoms with Crippen LogP contribution in [0.2, 0.25) is 0 Å². The molecule has 1 aliphatic carbocycles. The number of rotatable bonds is 1. The lowest BCUT2D eigenvalue weighted by Gasteiger charge is -2.46. The summed E-state index contributed by atoms with van der Waals surface area (Å²) in [6.07, 6.45) is 2.97.